The molecular formula is C15H18F3N3O3S. The van der Waals surface area contributed by atoms with Crippen molar-refractivity contribution in [3.8, 4) is 17.0 Å². The Bertz CT molecular complexity index is 861. The third kappa shape index (κ3) is 4.45. The number of sulfonamides is 1. The molecule has 0 aliphatic carbocycles. The van der Waals surface area contributed by atoms with Crippen LogP contribution >= 0.6 is 0 Å². The summed E-state index contributed by atoms with van der Waals surface area (Å²) in [5.41, 5.74) is 6.58. The predicted molar refractivity (Wildman–Crippen MR) is 87.4 cm³/mol. The largest absolute Gasteiger partial charge is 0.573 e. The molecule has 0 radical (unpaired) electrons. The lowest BCUT2D eigenvalue weighted by atomic mass is 10.1. The molecule has 0 aliphatic rings. The maximum Gasteiger partial charge on any atom is 0.573 e. The number of rotatable bonds is 6. The lowest BCUT2D eigenvalue weighted by molar-refractivity contribution is -0.275. The fourth-order valence-corrected chi connectivity index (χ4v) is 3.47. The van der Waals surface area contributed by atoms with Crippen molar-refractivity contribution in [3.63, 3.8) is 0 Å². The molecule has 0 unspecified atom stereocenters. The van der Waals surface area contributed by atoms with Gasteiger partial charge in [-0.05, 0) is 30.7 Å². The normalized spacial score (nSPS) is 12.4. The molecule has 0 saturated heterocycles. The molecule has 0 spiro atoms. The molecule has 3 N–H and O–H groups in total. The van der Waals surface area contributed by atoms with Gasteiger partial charge in [0.15, 0.2) is 0 Å². The standard InChI is InChI=1S/C15H18F3N3O3S/c1-3-8-20-25(22,23)13-6-4-10(9-12(13)24-15(16,17)18)11-5-7-14(19)21(11)2/h4-7,9,20H,3,8,19H2,1-2H3. The smallest absolute Gasteiger partial charge is 0.404 e. The Morgan fingerprint density at radius 3 is 2.44 bits per heavy atom. The van der Waals surface area contributed by atoms with Gasteiger partial charge in [0.05, 0.1) is 0 Å². The van der Waals surface area contributed by atoms with Crippen LogP contribution in [0, 0.1) is 0 Å². The van der Waals surface area contributed by atoms with E-state index in [1.165, 1.54) is 6.07 Å². The summed E-state index contributed by atoms with van der Waals surface area (Å²) in [7, 11) is -2.49. The number of halogens is 3. The van der Waals surface area contributed by atoms with Crippen LogP contribution in [-0.4, -0.2) is 25.9 Å². The lowest BCUT2D eigenvalue weighted by Gasteiger charge is -2.15. The van der Waals surface area contributed by atoms with E-state index in [9.17, 15) is 21.6 Å². The van der Waals surface area contributed by atoms with Crippen LogP contribution in [0.25, 0.3) is 11.3 Å². The maximum absolute atomic E-state index is 12.7. The van der Waals surface area contributed by atoms with Gasteiger partial charge in [-0.3, -0.25) is 0 Å². The van der Waals surface area contributed by atoms with Crippen LogP contribution in [0.2, 0.25) is 0 Å². The number of ether oxygens (including phenoxy) is 1. The zero-order chi connectivity index (χ0) is 18.8. The molecule has 1 heterocycles. The van der Waals surface area contributed by atoms with Gasteiger partial charge in [0.25, 0.3) is 0 Å². The van der Waals surface area contributed by atoms with Gasteiger partial charge < -0.3 is 15.0 Å². The zero-order valence-corrected chi connectivity index (χ0v) is 14.4. The molecule has 0 fully saturated rings. The van der Waals surface area contributed by atoms with Gasteiger partial charge in [-0.2, -0.15) is 0 Å². The van der Waals surface area contributed by atoms with Crippen LogP contribution < -0.4 is 15.2 Å². The van der Waals surface area contributed by atoms with E-state index in [1.807, 2.05) is 0 Å². The van der Waals surface area contributed by atoms with E-state index in [4.69, 9.17) is 5.73 Å². The van der Waals surface area contributed by atoms with Gasteiger partial charge in [0.2, 0.25) is 10.0 Å². The molecule has 6 nitrogen and oxygen atoms in total. The number of alkyl halides is 3. The highest BCUT2D eigenvalue weighted by Gasteiger charge is 2.34. The van der Waals surface area contributed by atoms with E-state index in [0.717, 1.165) is 12.1 Å². The fraction of sp³-hybridized carbons (Fsp3) is 0.333. The van der Waals surface area contributed by atoms with Crippen LogP contribution in [0.1, 0.15) is 13.3 Å². The molecule has 138 valence electrons. The third-order valence-corrected chi connectivity index (χ3v) is 4.96. The summed E-state index contributed by atoms with van der Waals surface area (Å²) in [6, 6.07) is 6.72. The van der Waals surface area contributed by atoms with Crippen molar-refractivity contribution in [2.75, 3.05) is 12.3 Å². The third-order valence-electron chi connectivity index (χ3n) is 3.46. The summed E-state index contributed by atoms with van der Waals surface area (Å²) in [5, 5.41) is 0. The second kappa shape index (κ2) is 6.96. The number of anilines is 1. The van der Waals surface area contributed by atoms with Crippen LogP contribution in [0.3, 0.4) is 0 Å². The number of hydrogen-bond donors (Lipinski definition) is 2. The van der Waals surface area contributed by atoms with E-state index in [0.29, 0.717) is 23.5 Å². The summed E-state index contributed by atoms with van der Waals surface area (Å²) in [6.45, 7) is 1.84. The van der Waals surface area contributed by atoms with Crippen molar-refractivity contribution in [2.24, 2.45) is 7.05 Å². The summed E-state index contributed by atoms with van der Waals surface area (Å²) in [4.78, 5) is -0.579. The van der Waals surface area contributed by atoms with E-state index in [2.05, 4.69) is 9.46 Å². The number of nitrogens with zero attached hydrogens (tertiary/aromatic N) is 1. The van der Waals surface area contributed by atoms with Crippen LogP contribution in [0.4, 0.5) is 19.0 Å². The highest BCUT2D eigenvalue weighted by Crippen LogP contribution is 2.34. The molecular weight excluding hydrogens is 359 g/mol. The second-order valence-electron chi connectivity index (χ2n) is 5.31. The minimum Gasteiger partial charge on any atom is -0.404 e. The monoisotopic (exact) mass is 377 g/mol. The number of nitrogen functional groups attached to an aromatic ring is 1. The van der Waals surface area contributed by atoms with Crippen molar-refractivity contribution in [3.05, 3.63) is 30.3 Å². The Morgan fingerprint density at radius 1 is 1.24 bits per heavy atom. The van der Waals surface area contributed by atoms with E-state index in [1.54, 1.807) is 30.7 Å². The molecule has 0 bridgehead atoms. The number of aromatic nitrogens is 1. The molecule has 10 heteroatoms. The highest BCUT2D eigenvalue weighted by atomic mass is 32.2. The fourth-order valence-electron chi connectivity index (χ4n) is 2.22. The Kier molecular flexibility index (Phi) is 5.33. The molecule has 0 aliphatic heterocycles. The van der Waals surface area contributed by atoms with E-state index >= 15 is 0 Å². The van der Waals surface area contributed by atoms with Gasteiger partial charge in [-0.1, -0.05) is 13.0 Å². The van der Waals surface area contributed by atoms with Crippen molar-refractivity contribution >= 4 is 15.8 Å². The molecule has 0 amide bonds. The molecule has 0 atom stereocenters. The number of nitrogens with one attached hydrogen (secondary N) is 1. The molecule has 1 aromatic carbocycles. The Morgan fingerprint density at radius 2 is 1.92 bits per heavy atom. The van der Waals surface area contributed by atoms with Crippen molar-refractivity contribution in [2.45, 2.75) is 24.6 Å². The first kappa shape index (κ1) is 19.1. The average Bonchev–Trinajstić information content (AvgIpc) is 2.83. The first-order valence-electron chi connectivity index (χ1n) is 7.36. The Hall–Kier alpha value is -2.20. The topological polar surface area (TPSA) is 86.4 Å². The average molecular weight is 377 g/mol. The predicted octanol–water partition coefficient (Wildman–Crippen LogP) is 2.86. The summed E-state index contributed by atoms with van der Waals surface area (Å²) in [6.07, 6.45) is -4.53. The van der Waals surface area contributed by atoms with Crippen LogP contribution in [-0.2, 0) is 17.1 Å². The van der Waals surface area contributed by atoms with Crippen molar-refractivity contribution in [1.29, 1.82) is 0 Å². The summed E-state index contributed by atoms with van der Waals surface area (Å²) in [5.74, 6) is -0.386. The van der Waals surface area contributed by atoms with E-state index < -0.39 is 27.0 Å². The minimum absolute atomic E-state index is 0.101. The van der Waals surface area contributed by atoms with Crippen molar-refractivity contribution in [1.82, 2.24) is 9.29 Å². The van der Waals surface area contributed by atoms with Crippen LogP contribution in [0.5, 0.6) is 5.75 Å². The van der Waals surface area contributed by atoms with Crippen molar-refractivity contribution < 1.29 is 26.3 Å². The summed E-state index contributed by atoms with van der Waals surface area (Å²) < 4.78 is 70.4. The summed E-state index contributed by atoms with van der Waals surface area (Å²) >= 11 is 0. The first-order chi connectivity index (χ1) is 11.5. The molecule has 25 heavy (non-hydrogen) atoms. The molecule has 2 aromatic rings. The Labute approximate surface area is 143 Å². The van der Waals surface area contributed by atoms with Gasteiger partial charge in [0, 0.05) is 24.8 Å². The van der Waals surface area contributed by atoms with Gasteiger partial charge in [0.1, 0.15) is 16.5 Å². The van der Waals surface area contributed by atoms with Gasteiger partial charge in [-0.15, -0.1) is 13.2 Å². The number of nitrogens with two attached hydrogens (primary N) is 1. The maximum atomic E-state index is 12.7. The molecule has 1 aromatic heterocycles. The number of hydrogen-bond acceptors (Lipinski definition) is 4. The Balaban J connectivity index is 2.56. The highest BCUT2D eigenvalue weighted by molar-refractivity contribution is 7.89. The lowest BCUT2D eigenvalue weighted by Crippen LogP contribution is -2.26. The zero-order valence-electron chi connectivity index (χ0n) is 13.6. The minimum atomic E-state index is -5.03. The molecule has 2 rings (SSSR count). The van der Waals surface area contributed by atoms with E-state index in [-0.39, 0.29) is 6.54 Å². The van der Waals surface area contributed by atoms with Crippen LogP contribution in [0.15, 0.2) is 35.2 Å². The van der Waals surface area contributed by atoms with Gasteiger partial charge >= 0.3 is 6.36 Å². The first-order valence-corrected chi connectivity index (χ1v) is 8.84. The molecule has 0 saturated carbocycles. The van der Waals surface area contributed by atoms with Gasteiger partial charge in [-0.25, -0.2) is 13.1 Å². The number of benzene rings is 1. The second-order valence-corrected chi connectivity index (χ2v) is 7.04. The quantitative estimate of drug-likeness (QED) is 0.811. The SMILES string of the molecule is CCCNS(=O)(=O)c1ccc(-c2ccc(N)n2C)cc1OC(F)(F)F.